The fraction of sp³-hybridized carbons (Fsp3) is 0.955. The Balaban J connectivity index is 1.43. The van der Waals surface area contributed by atoms with E-state index in [1.54, 1.807) is 0 Å². The number of carbonyl (C=O) groups is 1. The Morgan fingerprint density at radius 3 is 1.81 bits per heavy atom. The van der Waals surface area contributed by atoms with Gasteiger partial charge in [0.2, 0.25) is 5.60 Å². The van der Waals surface area contributed by atoms with Crippen molar-refractivity contribution in [1.82, 2.24) is 0 Å². The second kappa shape index (κ2) is 5.44. The van der Waals surface area contributed by atoms with Crippen LogP contribution in [0, 0.1) is 40.4 Å². The predicted octanol–water partition coefficient (Wildman–Crippen LogP) is 5.89. The molecule has 0 saturated heterocycles. The summed E-state index contributed by atoms with van der Waals surface area (Å²) in [6, 6.07) is 0. The Bertz CT molecular complexity index is 617. The lowest BCUT2D eigenvalue weighted by atomic mass is 9.43. The number of carbonyl (C=O) groups excluding carboxylic acids is 1. The highest BCUT2D eigenvalue weighted by Gasteiger charge is 2.70. The number of fused-ring (bicyclic) bond motifs is 2. The van der Waals surface area contributed by atoms with Gasteiger partial charge >= 0.3 is 12.1 Å². The molecule has 0 aromatic heterocycles. The van der Waals surface area contributed by atoms with Crippen LogP contribution < -0.4 is 0 Å². The summed E-state index contributed by atoms with van der Waals surface area (Å²) in [5.74, 6) is 0.896. The molecule has 0 aromatic carbocycles. The molecule has 0 radical (unpaired) electrons. The van der Waals surface area contributed by atoms with Gasteiger partial charge in [-0.2, -0.15) is 13.2 Å². The molecule has 5 heteroatoms. The predicted molar refractivity (Wildman–Crippen MR) is 94.7 cm³/mol. The molecule has 6 fully saturated rings. The molecule has 0 heterocycles. The summed E-state index contributed by atoms with van der Waals surface area (Å²) in [5, 5.41) is 0. The number of ether oxygens (including phenoxy) is 1. The number of halogens is 3. The lowest BCUT2D eigenvalue weighted by molar-refractivity contribution is -0.292. The molecule has 6 aliphatic carbocycles. The molecule has 0 aromatic rings. The summed E-state index contributed by atoms with van der Waals surface area (Å²) in [6.07, 6.45) is 4.18. The van der Waals surface area contributed by atoms with Gasteiger partial charge < -0.3 is 4.74 Å². The van der Waals surface area contributed by atoms with E-state index < -0.39 is 29.1 Å². The molecule has 0 N–H and O–H groups in total. The third kappa shape index (κ3) is 2.41. The molecule has 0 spiro atoms. The SMILES string of the molecule is CC(C)(C(=O)OC1(C(F)(F)F)CC2CCC1C2)C12CC3CC(CC(C3)C1)C2. The zero-order valence-electron chi connectivity index (χ0n) is 16.4. The van der Waals surface area contributed by atoms with Gasteiger partial charge in [0.25, 0.3) is 0 Å². The van der Waals surface area contributed by atoms with Gasteiger partial charge in [0.15, 0.2) is 0 Å². The second-order valence-electron chi connectivity index (χ2n) is 11.2. The second-order valence-corrected chi connectivity index (χ2v) is 11.2. The normalized spacial score (nSPS) is 48.3. The Labute approximate surface area is 159 Å². The van der Waals surface area contributed by atoms with Crippen LogP contribution >= 0.6 is 0 Å². The maximum absolute atomic E-state index is 14.1. The Hall–Kier alpha value is -0.740. The molecule has 6 bridgehead atoms. The maximum Gasteiger partial charge on any atom is 0.428 e. The van der Waals surface area contributed by atoms with E-state index in [9.17, 15) is 18.0 Å². The van der Waals surface area contributed by atoms with Crippen molar-refractivity contribution in [3.05, 3.63) is 0 Å². The van der Waals surface area contributed by atoms with E-state index in [-0.39, 0.29) is 17.8 Å². The smallest absolute Gasteiger partial charge is 0.428 e. The number of rotatable bonds is 3. The zero-order valence-corrected chi connectivity index (χ0v) is 16.4. The number of esters is 1. The fourth-order valence-electron chi connectivity index (χ4n) is 8.20. The molecule has 152 valence electrons. The monoisotopic (exact) mass is 384 g/mol. The number of hydrogen-bond acceptors (Lipinski definition) is 2. The lowest BCUT2D eigenvalue weighted by Crippen LogP contribution is -2.59. The van der Waals surface area contributed by atoms with Gasteiger partial charge in [0.05, 0.1) is 5.41 Å². The Morgan fingerprint density at radius 1 is 0.852 bits per heavy atom. The summed E-state index contributed by atoms with van der Waals surface area (Å²) in [7, 11) is 0. The standard InChI is InChI=1S/C22H31F3O2/c1-19(2,20-9-14-5-15(10-20)7-16(6-14)11-20)18(26)27-21(22(23,24)25)12-13-3-4-17(21)8-13/h13-17H,3-12H2,1-2H3. The summed E-state index contributed by atoms with van der Waals surface area (Å²) >= 11 is 0. The molecule has 3 atom stereocenters. The number of hydrogen-bond donors (Lipinski definition) is 0. The molecule has 2 nitrogen and oxygen atoms in total. The van der Waals surface area contributed by atoms with Crippen molar-refractivity contribution in [2.75, 3.05) is 0 Å². The highest BCUT2D eigenvalue weighted by atomic mass is 19.4. The molecule has 6 rings (SSSR count). The fourth-order valence-corrected chi connectivity index (χ4v) is 8.20. The molecule has 27 heavy (non-hydrogen) atoms. The van der Waals surface area contributed by atoms with E-state index in [4.69, 9.17) is 4.74 Å². The molecular weight excluding hydrogens is 353 g/mol. The van der Waals surface area contributed by atoms with Crippen LogP contribution in [0.1, 0.15) is 78.1 Å². The first kappa shape index (κ1) is 18.3. The van der Waals surface area contributed by atoms with E-state index in [0.29, 0.717) is 30.6 Å². The van der Waals surface area contributed by atoms with Crippen molar-refractivity contribution >= 4 is 5.97 Å². The largest absolute Gasteiger partial charge is 0.449 e. The summed E-state index contributed by atoms with van der Waals surface area (Å²) < 4.78 is 47.9. The maximum atomic E-state index is 14.1. The van der Waals surface area contributed by atoms with Crippen molar-refractivity contribution in [3.8, 4) is 0 Å². The van der Waals surface area contributed by atoms with Crippen molar-refractivity contribution in [1.29, 1.82) is 0 Å². The quantitative estimate of drug-likeness (QED) is 0.567. The minimum Gasteiger partial charge on any atom is -0.449 e. The van der Waals surface area contributed by atoms with Crippen molar-refractivity contribution in [2.45, 2.75) is 89.8 Å². The third-order valence-electron chi connectivity index (χ3n) is 9.42. The first-order chi connectivity index (χ1) is 12.5. The minimum atomic E-state index is -4.47. The van der Waals surface area contributed by atoms with E-state index in [1.807, 2.05) is 13.8 Å². The van der Waals surface area contributed by atoms with E-state index in [2.05, 4.69) is 0 Å². The highest BCUT2D eigenvalue weighted by molar-refractivity contribution is 5.78. The van der Waals surface area contributed by atoms with Gasteiger partial charge in [-0.1, -0.05) is 0 Å². The van der Waals surface area contributed by atoms with Crippen LogP contribution in [0.25, 0.3) is 0 Å². The van der Waals surface area contributed by atoms with Crippen LogP contribution in [0.4, 0.5) is 13.2 Å². The van der Waals surface area contributed by atoms with Gasteiger partial charge in [-0.05, 0) is 107 Å². The average Bonchev–Trinajstić information content (AvgIpc) is 3.14. The van der Waals surface area contributed by atoms with E-state index in [1.165, 1.54) is 19.3 Å². The molecule has 3 unspecified atom stereocenters. The summed E-state index contributed by atoms with van der Waals surface area (Å²) in [5.41, 5.74) is -3.24. The summed E-state index contributed by atoms with van der Waals surface area (Å²) in [4.78, 5) is 13.3. The van der Waals surface area contributed by atoms with Crippen LogP contribution in [-0.4, -0.2) is 17.7 Å². The summed E-state index contributed by atoms with van der Waals surface area (Å²) in [6.45, 7) is 3.75. The molecule has 6 aliphatic rings. The minimum absolute atomic E-state index is 0.0239. The first-order valence-corrected chi connectivity index (χ1v) is 10.8. The third-order valence-corrected chi connectivity index (χ3v) is 9.42. The van der Waals surface area contributed by atoms with Crippen LogP contribution in [0.3, 0.4) is 0 Å². The molecule has 0 aliphatic heterocycles. The van der Waals surface area contributed by atoms with Gasteiger partial charge in [-0.15, -0.1) is 0 Å². The first-order valence-electron chi connectivity index (χ1n) is 10.8. The Morgan fingerprint density at radius 2 is 1.41 bits per heavy atom. The van der Waals surface area contributed by atoms with Crippen molar-refractivity contribution in [2.24, 2.45) is 40.4 Å². The van der Waals surface area contributed by atoms with E-state index >= 15 is 0 Å². The van der Waals surface area contributed by atoms with Crippen molar-refractivity contribution in [3.63, 3.8) is 0 Å². The Kier molecular flexibility index (Phi) is 3.69. The zero-order chi connectivity index (χ0) is 19.2. The van der Waals surface area contributed by atoms with Crippen LogP contribution in [0.2, 0.25) is 0 Å². The van der Waals surface area contributed by atoms with Crippen molar-refractivity contribution < 1.29 is 22.7 Å². The van der Waals surface area contributed by atoms with Crippen LogP contribution in [-0.2, 0) is 9.53 Å². The van der Waals surface area contributed by atoms with Gasteiger partial charge in [-0.3, -0.25) is 4.79 Å². The molecule has 0 amide bonds. The average molecular weight is 384 g/mol. The van der Waals surface area contributed by atoms with Crippen LogP contribution in [0.5, 0.6) is 0 Å². The topological polar surface area (TPSA) is 26.3 Å². The highest BCUT2D eigenvalue weighted by Crippen LogP contribution is 2.67. The van der Waals surface area contributed by atoms with Gasteiger partial charge in [-0.25, -0.2) is 0 Å². The van der Waals surface area contributed by atoms with Gasteiger partial charge in [0.1, 0.15) is 0 Å². The lowest BCUT2D eigenvalue weighted by Gasteiger charge is -2.61. The number of alkyl halides is 3. The van der Waals surface area contributed by atoms with Gasteiger partial charge in [0, 0.05) is 5.92 Å². The molecule has 6 saturated carbocycles. The molecular formula is C22H31F3O2. The van der Waals surface area contributed by atoms with Crippen LogP contribution in [0.15, 0.2) is 0 Å². The van der Waals surface area contributed by atoms with E-state index in [0.717, 1.165) is 25.7 Å².